The molecule has 0 aliphatic rings. The van der Waals surface area contributed by atoms with Gasteiger partial charge in [0, 0.05) is 32.8 Å². The molecule has 0 saturated carbocycles. The van der Waals surface area contributed by atoms with Crippen molar-refractivity contribution in [1.82, 2.24) is 15.0 Å². The van der Waals surface area contributed by atoms with Gasteiger partial charge in [-0.2, -0.15) is 0 Å². The van der Waals surface area contributed by atoms with E-state index < -0.39 is 0 Å². The van der Waals surface area contributed by atoms with Gasteiger partial charge in [-0.15, -0.1) is 0 Å². The molecule has 8 aromatic carbocycles. The van der Waals surface area contributed by atoms with E-state index in [9.17, 15) is 0 Å². The van der Waals surface area contributed by atoms with Crippen LogP contribution in [0.5, 0.6) is 0 Å². The number of aromatic nitrogens is 3. The van der Waals surface area contributed by atoms with Crippen LogP contribution in [0.4, 0.5) is 0 Å². The number of hydrogen-bond acceptors (Lipinski definition) is 4. The van der Waals surface area contributed by atoms with Crippen LogP contribution in [0.15, 0.2) is 168 Å². The van der Waals surface area contributed by atoms with Crippen LogP contribution >= 0.6 is 0 Å². The summed E-state index contributed by atoms with van der Waals surface area (Å²) in [4.78, 5) is 15.1. The molecule has 0 saturated heterocycles. The fraction of sp³-hybridized carbons (Fsp3) is 0. The van der Waals surface area contributed by atoms with Crippen molar-refractivity contribution < 1.29 is 4.42 Å². The van der Waals surface area contributed by atoms with E-state index in [0.717, 1.165) is 60.5 Å². The van der Waals surface area contributed by atoms with E-state index in [0.29, 0.717) is 17.5 Å². The Kier molecular flexibility index (Phi) is 6.15. The molecule has 4 heteroatoms. The molecule has 2 heterocycles. The molecule has 0 unspecified atom stereocenters. The first-order chi connectivity index (χ1) is 24.3. The van der Waals surface area contributed by atoms with Crippen LogP contribution in [-0.2, 0) is 0 Å². The molecular formula is C45H27N3O. The molecular weight excluding hydrogens is 599 g/mol. The third-order valence-electron chi connectivity index (χ3n) is 9.49. The first-order valence-electron chi connectivity index (χ1n) is 16.4. The first kappa shape index (κ1) is 27.5. The number of nitrogens with zero attached hydrogens (tertiary/aromatic N) is 3. The lowest BCUT2D eigenvalue weighted by atomic mass is 9.96. The second-order valence-corrected chi connectivity index (χ2v) is 12.4. The predicted molar refractivity (Wildman–Crippen MR) is 201 cm³/mol. The molecule has 0 radical (unpaired) electrons. The maximum absolute atomic E-state index is 6.41. The summed E-state index contributed by atoms with van der Waals surface area (Å²) < 4.78 is 6.41. The van der Waals surface area contributed by atoms with Crippen LogP contribution in [0.1, 0.15) is 0 Å². The second kappa shape index (κ2) is 11.0. The average Bonchev–Trinajstić information content (AvgIpc) is 3.56. The smallest absolute Gasteiger partial charge is 0.164 e. The number of hydrogen-bond donors (Lipinski definition) is 0. The van der Waals surface area contributed by atoms with Gasteiger partial charge in [0.05, 0.1) is 0 Å². The van der Waals surface area contributed by atoms with E-state index in [2.05, 4.69) is 133 Å². The van der Waals surface area contributed by atoms with Gasteiger partial charge in [-0.3, -0.25) is 0 Å². The molecule has 2 aromatic heterocycles. The third kappa shape index (κ3) is 4.57. The van der Waals surface area contributed by atoms with Crippen molar-refractivity contribution in [1.29, 1.82) is 0 Å². The number of furan rings is 1. The van der Waals surface area contributed by atoms with Crippen molar-refractivity contribution in [2.24, 2.45) is 0 Å². The molecule has 0 amide bonds. The molecule has 10 rings (SSSR count). The standard InChI is InChI=1S/C45H27N3O/c1-2-12-31(13-3-1)43-46-44(48-45(47-43)37-19-9-14-28-10-4-6-17-35(28)37)34-16-8-15-32(26-34)33-23-24-39-38(27-33)42-40(49-39)25-22-30-21-20-29-11-5-7-18-36(29)41(30)42/h1-27H. The zero-order valence-electron chi connectivity index (χ0n) is 26.3. The van der Waals surface area contributed by atoms with Gasteiger partial charge in [0.25, 0.3) is 0 Å². The molecule has 228 valence electrons. The maximum atomic E-state index is 6.41. The summed E-state index contributed by atoms with van der Waals surface area (Å²) in [6.07, 6.45) is 0. The minimum absolute atomic E-state index is 0.631. The quantitative estimate of drug-likeness (QED) is 0.183. The van der Waals surface area contributed by atoms with Gasteiger partial charge in [0.1, 0.15) is 11.2 Å². The Balaban J connectivity index is 1.15. The van der Waals surface area contributed by atoms with Crippen LogP contribution in [0.3, 0.4) is 0 Å². The number of benzene rings is 8. The van der Waals surface area contributed by atoms with Gasteiger partial charge < -0.3 is 4.42 Å². The first-order valence-corrected chi connectivity index (χ1v) is 16.4. The highest BCUT2D eigenvalue weighted by molar-refractivity contribution is 6.26. The molecule has 10 aromatic rings. The zero-order chi connectivity index (χ0) is 32.3. The Morgan fingerprint density at radius 1 is 0.327 bits per heavy atom. The predicted octanol–water partition coefficient (Wildman–Crippen LogP) is 11.9. The van der Waals surface area contributed by atoms with E-state index in [1.165, 1.54) is 21.5 Å². The Bertz CT molecular complexity index is 2890. The summed E-state index contributed by atoms with van der Waals surface area (Å²) in [6, 6.07) is 56.9. The molecule has 4 nitrogen and oxygen atoms in total. The average molecular weight is 626 g/mol. The van der Waals surface area contributed by atoms with E-state index >= 15 is 0 Å². The Morgan fingerprint density at radius 2 is 0.918 bits per heavy atom. The second-order valence-electron chi connectivity index (χ2n) is 12.4. The third-order valence-corrected chi connectivity index (χ3v) is 9.49. The highest BCUT2D eigenvalue weighted by Crippen LogP contribution is 2.40. The van der Waals surface area contributed by atoms with Gasteiger partial charge in [0.15, 0.2) is 17.5 Å². The van der Waals surface area contributed by atoms with Crippen LogP contribution < -0.4 is 0 Å². The van der Waals surface area contributed by atoms with Crippen LogP contribution in [0, 0.1) is 0 Å². The van der Waals surface area contributed by atoms with Crippen molar-refractivity contribution in [2.45, 2.75) is 0 Å². The number of rotatable bonds is 4. The largest absolute Gasteiger partial charge is 0.456 e. The summed E-state index contributed by atoms with van der Waals surface area (Å²) >= 11 is 0. The molecule has 0 spiro atoms. The van der Waals surface area contributed by atoms with Crippen molar-refractivity contribution in [3.63, 3.8) is 0 Å². The molecule has 0 fully saturated rings. The topological polar surface area (TPSA) is 51.8 Å². The van der Waals surface area contributed by atoms with Crippen molar-refractivity contribution in [2.75, 3.05) is 0 Å². The Hall–Kier alpha value is -6.65. The zero-order valence-corrected chi connectivity index (χ0v) is 26.3. The van der Waals surface area contributed by atoms with Gasteiger partial charge >= 0.3 is 0 Å². The van der Waals surface area contributed by atoms with E-state index in [-0.39, 0.29) is 0 Å². The fourth-order valence-electron chi connectivity index (χ4n) is 7.14. The number of fused-ring (bicyclic) bond motifs is 8. The summed E-state index contributed by atoms with van der Waals surface area (Å²) in [7, 11) is 0. The molecule has 0 N–H and O–H groups in total. The summed E-state index contributed by atoms with van der Waals surface area (Å²) in [5.74, 6) is 1.92. The molecule has 49 heavy (non-hydrogen) atoms. The van der Waals surface area contributed by atoms with Crippen molar-refractivity contribution in [3.05, 3.63) is 164 Å². The minimum atomic E-state index is 0.631. The van der Waals surface area contributed by atoms with Crippen molar-refractivity contribution in [3.8, 4) is 45.3 Å². The summed E-state index contributed by atoms with van der Waals surface area (Å²) in [6.45, 7) is 0. The summed E-state index contributed by atoms with van der Waals surface area (Å²) in [5.41, 5.74) is 6.79. The molecule has 0 aliphatic heterocycles. The van der Waals surface area contributed by atoms with Crippen LogP contribution in [-0.4, -0.2) is 15.0 Å². The lowest BCUT2D eigenvalue weighted by Crippen LogP contribution is -2.00. The van der Waals surface area contributed by atoms with Crippen LogP contribution in [0.25, 0.3) is 99.5 Å². The lowest BCUT2D eigenvalue weighted by Gasteiger charge is -2.11. The Morgan fingerprint density at radius 3 is 1.80 bits per heavy atom. The van der Waals surface area contributed by atoms with Crippen LogP contribution in [0.2, 0.25) is 0 Å². The highest BCUT2D eigenvalue weighted by atomic mass is 16.3. The van der Waals surface area contributed by atoms with E-state index in [1.807, 2.05) is 30.3 Å². The molecule has 0 bridgehead atoms. The van der Waals surface area contributed by atoms with Gasteiger partial charge in [-0.25, -0.2) is 15.0 Å². The highest BCUT2D eigenvalue weighted by Gasteiger charge is 2.17. The van der Waals surface area contributed by atoms with Gasteiger partial charge in [-0.05, 0) is 62.3 Å². The molecule has 0 atom stereocenters. The minimum Gasteiger partial charge on any atom is -0.456 e. The SMILES string of the molecule is c1ccc(-c2nc(-c3cccc(-c4ccc5oc6ccc7ccc8ccccc8c7c6c5c4)c3)nc(-c3cccc4ccccc34)n2)cc1. The monoisotopic (exact) mass is 625 g/mol. The van der Waals surface area contributed by atoms with Gasteiger partial charge in [-0.1, -0.05) is 140 Å². The maximum Gasteiger partial charge on any atom is 0.164 e. The molecule has 0 aliphatic carbocycles. The fourth-order valence-corrected chi connectivity index (χ4v) is 7.14. The van der Waals surface area contributed by atoms with E-state index in [1.54, 1.807) is 0 Å². The van der Waals surface area contributed by atoms with Crippen molar-refractivity contribution >= 4 is 54.3 Å². The Labute approximate surface area is 282 Å². The lowest BCUT2D eigenvalue weighted by molar-refractivity contribution is 0.669. The van der Waals surface area contributed by atoms with Gasteiger partial charge in [0.2, 0.25) is 0 Å². The summed E-state index contributed by atoms with van der Waals surface area (Å²) in [5, 5.41) is 9.37. The normalized spacial score (nSPS) is 11.7. The van der Waals surface area contributed by atoms with E-state index in [4.69, 9.17) is 19.4 Å².